The average molecular weight is 340 g/mol. The van der Waals surface area contributed by atoms with Gasteiger partial charge in [-0.2, -0.15) is 0 Å². The van der Waals surface area contributed by atoms with Crippen LogP contribution in [0.1, 0.15) is 42.5 Å². The van der Waals surface area contributed by atoms with Crippen LogP contribution in [-0.2, 0) is 5.60 Å². The van der Waals surface area contributed by atoms with Crippen LogP contribution in [0.5, 0.6) is 0 Å². The molecule has 1 saturated heterocycles. The second-order valence-corrected chi connectivity index (χ2v) is 6.75. The molecule has 130 valence electrons. The minimum Gasteiger partial charge on any atom is -0.381 e. The fraction of sp³-hybridized carbons (Fsp3) is 0.412. The van der Waals surface area contributed by atoms with Gasteiger partial charge in [0.2, 0.25) is 0 Å². The van der Waals surface area contributed by atoms with Crippen LogP contribution < -0.4 is 0 Å². The number of rotatable bonds is 3. The highest BCUT2D eigenvalue weighted by molar-refractivity contribution is 5.93. The van der Waals surface area contributed by atoms with Crippen molar-refractivity contribution < 1.29 is 9.90 Å². The molecular weight excluding hydrogens is 320 g/mol. The van der Waals surface area contributed by atoms with Crippen LogP contribution in [0, 0.1) is 0 Å². The van der Waals surface area contributed by atoms with E-state index in [1.54, 1.807) is 38.6 Å². The zero-order valence-corrected chi connectivity index (χ0v) is 14.2. The molecule has 0 saturated carbocycles. The van der Waals surface area contributed by atoms with Gasteiger partial charge in [0.15, 0.2) is 0 Å². The van der Waals surface area contributed by atoms with E-state index in [1.165, 1.54) is 0 Å². The van der Waals surface area contributed by atoms with Crippen molar-refractivity contribution in [2.24, 2.45) is 0 Å². The molecule has 3 aromatic rings. The highest BCUT2D eigenvalue weighted by Gasteiger charge is 2.42. The van der Waals surface area contributed by atoms with Gasteiger partial charge in [-0.25, -0.2) is 9.67 Å². The summed E-state index contributed by atoms with van der Waals surface area (Å²) in [6, 6.07) is 5.60. The number of aromatic nitrogens is 5. The third-order valence-corrected chi connectivity index (χ3v) is 4.70. The summed E-state index contributed by atoms with van der Waals surface area (Å²) >= 11 is 0. The van der Waals surface area contributed by atoms with Gasteiger partial charge >= 0.3 is 0 Å². The first-order chi connectivity index (χ1) is 12.0. The lowest BCUT2D eigenvalue weighted by Crippen LogP contribution is -2.35. The molecule has 0 radical (unpaired) electrons. The van der Waals surface area contributed by atoms with Gasteiger partial charge in [-0.3, -0.25) is 9.20 Å². The second-order valence-electron chi connectivity index (χ2n) is 6.75. The number of imidazole rings is 1. The molecule has 1 N–H and O–H groups in total. The van der Waals surface area contributed by atoms with E-state index in [4.69, 9.17) is 0 Å². The van der Waals surface area contributed by atoms with Crippen LogP contribution in [0.2, 0.25) is 0 Å². The minimum absolute atomic E-state index is 0.129. The molecular formula is C17H20N6O2. The molecule has 0 aliphatic carbocycles. The Kier molecular flexibility index (Phi) is 3.57. The molecule has 0 spiro atoms. The van der Waals surface area contributed by atoms with Crippen molar-refractivity contribution in [1.29, 1.82) is 0 Å². The van der Waals surface area contributed by atoms with E-state index in [2.05, 4.69) is 15.3 Å². The molecule has 4 heterocycles. The van der Waals surface area contributed by atoms with Crippen LogP contribution in [0.25, 0.3) is 5.65 Å². The first kappa shape index (κ1) is 15.8. The summed E-state index contributed by atoms with van der Waals surface area (Å²) in [6.45, 7) is 4.67. The van der Waals surface area contributed by atoms with Gasteiger partial charge in [0.05, 0.1) is 12.7 Å². The van der Waals surface area contributed by atoms with Crippen molar-refractivity contribution in [3.8, 4) is 0 Å². The van der Waals surface area contributed by atoms with E-state index >= 15 is 0 Å². The Morgan fingerprint density at radius 3 is 2.96 bits per heavy atom. The van der Waals surface area contributed by atoms with Crippen LogP contribution in [0.4, 0.5) is 0 Å². The zero-order valence-electron chi connectivity index (χ0n) is 14.2. The van der Waals surface area contributed by atoms with E-state index in [0.717, 1.165) is 5.65 Å². The summed E-state index contributed by atoms with van der Waals surface area (Å²) in [6.07, 6.45) is 5.63. The van der Waals surface area contributed by atoms with Crippen LogP contribution in [0.15, 0.2) is 36.8 Å². The number of likely N-dealkylation sites (tertiary alicyclic amines) is 1. The van der Waals surface area contributed by atoms with Gasteiger partial charge in [-0.15, -0.1) is 5.10 Å². The van der Waals surface area contributed by atoms with Gasteiger partial charge < -0.3 is 10.0 Å². The smallest absolute Gasteiger partial charge is 0.270 e. The van der Waals surface area contributed by atoms with Crippen molar-refractivity contribution >= 4 is 11.6 Å². The number of carbonyl (C=O) groups is 1. The Morgan fingerprint density at radius 2 is 2.20 bits per heavy atom. The van der Waals surface area contributed by atoms with Gasteiger partial charge in [-0.05, 0) is 26.0 Å². The van der Waals surface area contributed by atoms with Crippen LogP contribution >= 0.6 is 0 Å². The molecule has 0 aromatic carbocycles. The van der Waals surface area contributed by atoms with Gasteiger partial charge in [0.1, 0.15) is 22.6 Å². The number of β-amino-alcohol motifs (C(OH)–C–C–N with tert-alkyl or cyclic N) is 1. The normalized spacial score (nSPS) is 20.7. The van der Waals surface area contributed by atoms with Crippen molar-refractivity contribution in [3.05, 3.63) is 48.2 Å². The van der Waals surface area contributed by atoms with Crippen LogP contribution in [-0.4, -0.2) is 53.4 Å². The zero-order chi connectivity index (χ0) is 17.6. The SMILES string of the molecule is CC(C)n1cc([C@@]2(O)CCN(C(=O)c3cccc4nccn34)C2)nn1. The second kappa shape index (κ2) is 5.66. The molecule has 0 bridgehead atoms. The molecule has 1 atom stereocenters. The first-order valence-corrected chi connectivity index (χ1v) is 8.34. The van der Waals surface area contributed by atoms with Gasteiger partial charge in [0.25, 0.3) is 5.91 Å². The summed E-state index contributed by atoms with van der Waals surface area (Å²) in [5.74, 6) is -0.129. The summed E-state index contributed by atoms with van der Waals surface area (Å²) in [7, 11) is 0. The van der Waals surface area contributed by atoms with E-state index in [1.807, 2.05) is 26.0 Å². The summed E-state index contributed by atoms with van der Waals surface area (Å²) < 4.78 is 3.47. The number of pyridine rings is 1. The van der Waals surface area contributed by atoms with E-state index in [-0.39, 0.29) is 18.5 Å². The van der Waals surface area contributed by atoms with Crippen molar-refractivity contribution in [2.75, 3.05) is 13.1 Å². The predicted octanol–water partition coefficient (Wildman–Crippen LogP) is 1.24. The molecule has 8 heteroatoms. The number of fused-ring (bicyclic) bond motifs is 1. The minimum atomic E-state index is -1.16. The summed E-state index contributed by atoms with van der Waals surface area (Å²) in [4.78, 5) is 18.8. The highest BCUT2D eigenvalue weighted by Crippen LogP contribution is 2.31. The monoisotopic (exact) mass is 340 g/mol. The fourth-order valence-corrected chi connectivity index (χ4v) is 3.20. The summed E-state index contributed by atoms with van der Waals surface area (Å²) in [5.41, 5.74) is 0.605. The topological polar surface area (TPSA) is 88.5 Å². The Morgan fingerprint density at radius 1 is 1.36 bits per heavy atom. The molecule has 1 fully saturated rings. The Hall–Kier alpha value is -2.74. The standard InChI is InChI=1S/C17H20N6O2/c1-12(2)23-10-14(19-20-23)17(25)6-8-21(11-17)16(24)13-4-3-5-15-18-7-9-22(13)15/h3-5,7,9-10,12,25H,6,8,11H2,1-2H3/t17-/m1/s1. The fourth-order valence-electron chi connectivity index (χ4n) is 3.20. The van der Waals surface area contributed by atoms with Crippen molar-refractivity contribution in [3.63, 3.8) is 0 Å². The average Bonchev–Trinajstić information content (AvgIpc) is 3.32. The van der Waals surface area contributed by atoms with Crippen molar-refractivity contribution in [1.82, 2.24) is 29.3 Å². The lowest BCUT2D eigenvalue weighted by molar-refractivity contribution is 0.0379. The number of carbonyl (C=O) groups excluding carboxylic acids is 1. The molecule has 1 aliphatic rings. The first-order valence-electron chi connectivity index (χ1n) is 8.34. The van der Waals surface area contributed by atoms with Crippen molar-refractivity contribution in [2.45, 2.75) is 31.9 Å². The number of hydrogen-bond acceptors (Lipinski definition) is 5. The maximum Gasteiger partial charge on any atom is 0.270 e. The summed E-state index contributed by atoms with van der Waals surface area (Å²) in [5, 5.41) is 19.1. The molecule has 3 aromatic heterocycles. The Balaban J connectivity index is 1.59. The van der Waals surface area contributed by atoms with Crippen LogP contribution in [0.3, 0.4) is 0 Å². The Labute approximate surface area is 144 Å². The quantitative estimate of drug-likeness (QED) is 0.775. The lowest BCUT2D eigenvalue weighted by atomic mass is 10.00. The number of hydrogen-bond donors (Lipinski definition) is 1. The molecule has 25 heavy (non-hydrogen) atoms. The molecule has 4 rings (SSSR count). The molecule has 8 nitrogen and oxygen atoms in total. The molecule has 1 aliphatic heterocycles. The molecule has 0 unspecified atom stereocenters. The largest absolute Gasteiger partial charge is 0.381 e. The maximum absolute atomic E-state index is 12.9. The number of nitrogens with zero attached hydrogens (tertiary/aromatic N) is 6. The van der Waals surface area contributed by atoms with Gasteiger partial charge in [-0.1, -0.05) is 11.3 Å². The third kappa shape index (κ3) is 2.58. The number of aliphatic hydroxyl groups is 1. The molecule has 1 amide bonds. The Bertz CT molecular complexity index is 930. The lowest BCUT2D eigenvalue weighted by Gasteiger charge is -2.21. The van der Waals surface area contributed by atoms with E-state index in [0.29, 0.717) is 24.4 Å². The number of amides is 1. The highest BCUT2D eigenvalue weighted by atomic mass is 16.3. The van der Waals surface area contributed by atoms with Gasteiger partial charge in [0, 0.05) is 31.4 Å². The van der Waals surface area contributed by atoms with E-state index in [9.17, 15) is 9.90 Å². The van der Waals surface area contributed by atoms with E-state index < -0.39 is 5.60 Å². The maximum atomic E-state index is 12.9. The predicted molar refractivity (Wildman–Crippen MR) is 90.0 cm³/mol. The third-order valence-electron chi connectivity index (χ3n) is 4.70.